The van der Waals surface area contributed by atoms with Crippen molar-refractivity contribution in [2.75, 3.05) is 5.73 Å². The number of hydrogen-bond acceptors (Lipinski definition) is 2. The van der Waals surface area contributed by atoms with E-state index >= 15 is 0 Å². The van der Waals surface area contributed by atoms with Crippen LogP contribution >= 0.6 is 23.2 Å². The Labute approximate surface area is 134 Å². The molecule has 1 heterocycles. The van der Waals surface area contributed by atoms with Crippen molar-refractivity contribution in [1.29, 1.82) is 0 Å². The molecule has 0 bridgehead atoms. The van der Waals surface area contributed by atoms with Gasteiger partial charge in [0.1, 0.15) is 0 Å². The predicted octanol–water partition coefficient (Wildman–Crippen LogP) is 5.19. The largest absolute Gasteiger partial charge is 0.382 e. The summed E-state index contributed by atoms with van der Waals surface area (Å²) in [5, 5.41) is 8.67. The monoisotopic (exact) mass is 323 g/mol. The van der Waals surface area contributed by atoms with E-state index in [4.69, 9.17) is 28.9 Å². The number of rotatable bonds is 3. The molecule has 1 saturated carbocycles. The van der Waals surface area contributed by atoms with Crippen LogP contribution in [0.4, 0.5) is 5.82 Å². The molecule has 0 radical (unpaired) electrons. The zero-order valence-corrected chi connectivity index (χ0v) is 13.6. The molecule has 1 aliphatic rings. The number of halogens is 2. The molecule has 21 heavy (non-hydrogen) atoms. The Bertz CT molecular complexity index is 658. The third-order valence-corrected chi connectivity index (χ3v) is 5.31. The second kappa shape index (κ2) is 5.54. The Balaban J connectivity index is 2.17. The van der Waals surface area contributed by atoms with Gasteiger partial charge >= 0.3 is 0 Å². The van der Waals surface area contributed by atoms with Gasteiger partial charge in [-0.15, -0.1) is 0 Å². The summed E-state index contributed by atoms with van der Waals surface area (Å²) in [6.45, 7) is 2.23. The summed E-state index contributed by atoms with van der Waals surface area (Å²) in [7, 11) is 0. The van der Waals surface area contributed by atoms with Gasteiger partial charge < -0.3 is 5.73 Å². The lowest BCUT2D eigenvalue weighted by Gasteiger charge is -2.27. The van der Waals surface area contributed by atoms with Crippen molar-refractivity contribution in [3.8, 4) is 11.1 Å². The minimum atomic E-state index is 0.142. The van der Waals surface area contributed by atoms with Gasteiger partial charge in [-0.2, -0.15) is 5.10 Å². The van der Waals surface area contributed by atoms with Crippen molar-refractivity contribution in [3.05, 3.63) is 33.9 Å². The molecule has 1 fully saturated rings. The van der Waals surface area contributed by atoms with Crippen LogP contribution < -0.4 is 5.73 Å². The highest BCUT2D eigenvalue weighted by Gasteiger charge is 2.38. The summed E-state index contributed by atoms with van der Waals surface area (Å²) in [6.07, 6.45) is 5.92. The summed E-state index contributed by atoms with van der Waals surface area (Å²) in [6, 6.07) is 5.52. The number of nitrogens with two attached hydrogens (primary N) is 1. The number of nitrogens with zero attached hydrogens (tertiary/aromatic N) is 1. The van der Waals surface area contributed by atoms with Gasteiger partial charge in [-0.05, 0) is 31.4 Å². The molecule has 5 heteroatoms. The Kier molecular flexibility index (Phi) is 3.89. The van der Waals surface area contributed by atoms with E-state index in [1.54, 1.807) is 6.07 Å². The lowest BCUT2D eigenvalue weighted by atomic mass is 9.77. The number of nitrogen functional groups attached to an aromatic ring is 1. The van der Waals surface area contributed by atoms with Gasteiger partial charge in [0.15, 0.2) is 5.82 Å². The van der Waals surface area contributed by atoms with Crippen molar-refractivity contribution in [2.45, 2.75) is 44.4 Å². The molecule has 0 atom stereocenters. The second-order valence-electron chi connectivity index (χ2n) is 5.82. The van der Waals surface area contributed by atoms with E-state index in [0.717, 1.165) is 23.2 Å². The zero-order chi connectivity index (χ0) is 15.0. The average Bonchev–Trinajstić information content (AvgIpc) is 3.07. The topological polar surface area (TPSA) is 54.7 Å². The lowest BCUT2D eigenvalue weighted by molar-refractivity contribution is 0.413. The highest BCUT2D eigenvalue weighted by molar-refractivity contribution is 6.36. The quantitative estimate of drug-likeness (QED) is 0.816. The maximum atomic E-state index is 6.38. The minimum Gasteiger partial charge on any atom is -0.382 e. The van der Waals surface area contributed by atoms with Crippen LogP contribution in [0, 0.1) is 0 Å². The van der Waals surface area contributed by atoms with Crippen LogP contribution in [0.3, 0.4) is 0 Å². The van der Waals surface area contributed by atoms with Crippen molar-refractivity contribution in [2.24, 2.45) is 0 Å². The number of benzene rings is 1. The maximum absolute atomic E-state index is 6.38. The molecule has 1 aliphatic carbocycles. The minimum absolute atomic E-state index is 0.142. The summed E-state index contributed by atoms with van der Waals surface area (Å²) in [5.41, 5.74) is 9.25. The normalized spacial score (nSPS) is 17.3. The fourth-order valence-corrected chi connectivity index (χ4v) is 4.04. The van der Waals surface area contributed by atoms with Gasteiger partial charge in [0.25, 0.3) is 0 Å². The van der Waals surface area contributed by atoms with E-state index in [-0.39, 0.29) is 5.41 Å². The Morgan fingerprint density at radius 3 is 2.62 bits per heavy atom. The van der Waals surface area contributed by atoms with Crippen LogP contribution in [0.2, 0.25) is 10.0 Å². The van der Waals surface area contributed by atoms with Crippen LogP contribution in [-0.4, -0.2) is 10.2 Å². The SMILES string of the molecule is CCC1(c2[nH]nc(N)c2-c2ccc(Cl)cc2Cl)CCCC1. The summed E-state index contributed by atoms with van der Waals surface area (Å²) >= 11 is 12.4. The Morgan fingerprint density at radius 2 is 2.00 bits per heavy atom. The Morgan fingerprint density at radius 1 is 1.29 bits per heavy atom. The Hall–Kier alpha value is -1.19. The standard InChI is InChI=1S/C16H19Cl2N3/c1-2-16(7-3-4-8-16)14-13(15(19)21-20-14)11-6-5-10(17)9-12(11)18/h5-6,9H,2-4,7-8H2,1H3,(H3,19,20,21). The van der Waals surface area contributed by atoms with Gasteiger partial charge in [0, 0.05) is 21.6 Å². The fraction of sp³-hybridized carbons (Fsp3) is 0.438. The molecule has 0 amide bonds. The number of aromatic amines is 1. The molecule has 2 aromatic rings. The van der Waals surface area contributed by atoms with Crippen molar-refractivity contribution < 1.29 is 0 Å². The van der Waals surface area contributed by atoms with E-state index in [1.807, 2.05) is 12.1 Å². The van der Waals surface area contributed by atoms with Crippen LogP contribution in [0.15, 0.2) is 18.2 Å². The van der Waals surface area contributed by atoms with Crippen molar-refractivity contribution >= 4 is 29.0 Å². The number of anilines is 1. The molecule has 3 N–H and O–H groups in total. The molecule has 1 aromatic carbocycles. The van der Waals surface area contributed by atoms with Gasteiger partial charge in [0.05, 0.1) is 10.7 Å². The van der Waals surface area contributed by atoms with Gasteiger partial charge in [-0.25, -0.2) is 0 Å². The molecular formula is C16H19Cl2N3. The third kappa shape index (κ3) is 2.43. The first kappa shape index (κ1) is 14.7. The number of aromatic nitrogens is 2. The maximum Gasteiger partial charge on any atom is 0.153 e. The molecule has 3 rings (SSSR count). The van der Waals surface area contributed by atoms with Crippen LogP contribution in [0.25, 0.3) is 11.1 Å². The van der Waals surface area contributed by atoms with Crippen molar-refractivity contribution in [1.82, 2.24) is 10.2 Å². The van der Waals surface area contributed by atoms with Gasteiger partial charge in [-0.1, -0.05) is 49.0 Å². The molecule has 0 unspecified atom stereocenters. The molecular weight excluding hydrogens is 305 g/mol. The van der Waals surface area contributed by atoms with Gasteiger partial charge in [0.2, 0.25) is 0 Å². The summed E-state index contributed by atoms with van der Waals surface area (Å²) in [4.78, 5) is 0. The van der Waals surface area contributed by atoms with Crippen molar-refractivity contribution in [3.63, 3.8) is 0 Å². The first-order valence-electron chi connectivity index (χ1n) is 7.37. The first-order chi connectivity index (χ1) is 10.1. The molecule has 0 aliphatic heterocycles. The predicted molar refractivity (Wildman–Crippen MR) is 88.9 cm³/mol. The summed E-state index contributed by atoms with van der Waals surface area (Å²) in [5.74, 6) is 0.508. The number of H-pyrrole nitrogens is 1. The second-order valence-corrected chi connectivity index (χ2v) is 6.67. The molecule has 0 spiro atoms. The number of nitrogens with one attached hydrogen (secondary N) is 1. The summed E-state index contributed by atoms with van der Waals surface area (Å²) < 4.78 is 0. The molecule has 0 saturated heterocycles. The highest BCUT2D eigenvalue weighted by Crippen LogP contribution is 2.48. The fourth-order valence-electron chi connectivity index (χ4n) is 3.54. The molecule has 112 valence electrons. The zero-order valence-electron chi connectivity index (χ0n) is 12.0. The average molecular weight is 324 g/mol. The lowest BCUT2D eigenvalue weighted by Crippen LogP contribution is -2.22. The van der Waals surface area contributed by atoms with Crippen LogP contribution in [0.5, 0.6) is 0 Å². The third-order valence-electron chi connectivity index (χ3n) is 4.76. The van der Waals surface area contributed by atoms with E-state index in [9.17, 15) is 0 Å². The smallest absolute Gasteiger partial charge is 0.153 e. The van der Waals surface area contributed by atoms with E-state index in [0.29, 0.717) is 15.9 Å². The van der Waals surface area contributed by atoms with Crippen LogP contribution in [0.1, 0.15) is 44.7 Å². The van der Waals surface area contributed by atoms with E-state index in [2.05, 4.69) is 17.1 Å². The number of hydrogen-bond donors (Lipinski definition) is 2. The molecule has 1 aromatic heterocycles. The van der Waals surface area contributed by atoms with Gasteiger partial charge in [-0.3, -0.25) is 5.10 Å². The molecule has 3 nitrogen and oxygen atoms in total. The first-order valence-corrected chi connectivity index (χ1v) is 8.13. The van der Waals surface area contributed by atoms with E-state index in [1.165, 1.54) is 25.7 Å². The highest BCUT2D eigenvalue weighted by atomic mass is 35.5. The van der Waals surface area contributed by atoms with Crippen LogP contribution in [-0.2, 0) is 5.41 Å². The van der Waals surface area contributed by atoms with E-state index < -0.39 is 0 Å².